The smallest absolute Gasteiger partial charge is 0.316 e. The van der Waals surface area contributed by atoms with Gasteiger partial charge in [-0.3, -0.25) is 9.59 Å². The van der Waals surface area contributed by atoms with Crippen molar-refractivity contribution in [2.45, 2.75) is 39.4 Å². The van der Waals surface area contributed by atoms with Crippen molar-refractivity contribution in [2.24, 2.45) is 5.41 Å². The number of carbonyl (C=O) groups is 2. The lowest BCUT2D eigenvalue weighted by Gasteiger charge is -2.18. The standard InChI is InChI=1S/C17H20O4/c1-4-17(3)12(2)14(21-16(17)19)10-15(18)20-11-13-8-6-5-7-9-13/h5-9,14H,2,4,10-11H2,1,3H3/t14-,17?/m0/s1. The summed E-state index contributed by atoms with van der Waals surface area (Å²) in [6.45, 7) is 7.85. The normalized spacial score (nSPS) is 24.8. The van der Waals surface area contributed by atoms with E-state index in [1.807, 2.05) is 37.3 Å². The highest BCUT2D eigenvalue weighted by Gasteiger charge is 2.48. The maximum Gasteiger partial charge on any atom is 0.316 e. The first-order valence-corrected chi connectivity index (χ1v) is 7.07. The minimum absolute atomic E-state index is 0.0208. The molecule has 0 aliphatic carbocycles. The van der Waals surface area contributed by atoms with Crippen molar-refractivity contribution in [3.8, 4) is 0 Å². The second-order valence-corrected chi connectivity index (χ2v) is 5.46. The summed E-state index contributed by atoms with van der Waals surface area (Å²) in [5, 5.41) is 0. The minimum Gasteiger partial charge on any atom is -0.461 e. The molecule has 21 heavy (non-hydrogen) atoms. The van der Waals surface area contributed by atoms with E-state index in [4.69, 9.17) is 9.47 Å². The lowest BCUT2D eigenvalue weighted by atomic mass is 9.80. The van der Waals surface area contributed by atoms with E-state index in [1.165, 1.54) is 0 Å². The third kappa shape index (κ3) is 3.15. The first-order valence-electron chi connectivity index (χ1n) is 7.07. The fraction of sp³-hybridized carbons (Fsp3) is 0.412. The Hall–Kier alpha value is -2.10. The van der Waals surface area contributed by atoms with Gasteiger partial charge in [0.05, 0.1) is 11.8 Å². The molecule has 1 aliphatic heterocycles. The quantitative estimate of drug-likeness (QED) is 0.617. The highest BCUT2D eigenvalue weighted by Crippen LogP contribution is 2.41. The molecule has 0 aromatic heterocycles. The second kappa shape index (κ2) is 6.12. The van der Waals surface area contributed by atoms with Crippen LogP contribution in [-0.4, -0.2) is 18.0 Å². The fourth-order valence-electron chi connectivity index (χ4n) is 2.30. The molecule has 1 aromatic rings. The number of hydrogen-bond acceptors (Lipinski definition) is 4. The van der Waals surface area contributed by atoms with Crippen LogP contribution in [0.15, 0.2) is 42.5 Å². The van der Waals surface area contributed by atoms with Crippen molar-refractivity contribution in [1.29, 1.82) is 0 Å². The minimum atomic E-state index is -0.690. The van der Waals surface area contributed by atoms with Crippen LogP contribution in [0.4, 0.5) is 0 Å². The molecule has 1 aromatic carbocycles. The maximum absolute atomic E-state index is 11.9. The van der Waals surface area contributed by atoms with E-state index in [0.29, 0.717) is 12.0 Å². The van der Waals surface area contributed by atoms with Crippen molar-refractivity contribution in [3.05, 3.63) is 48.0 Å². The molecule has 4 nitrogen and oxygen atoms in total. The number of rotatable bonds is 5. The Kier molecular flexibility index (Phi) is 4.46. The van der Waals surface area contributed by atoms with E-state index < -0.39 is 17.5 Å². The molecule has 1 aliphatic rings. The first kappa shape index (κ1) is 15.3. The molecule has 1 saturated heterocycles. The van der Waals surface area contributed by atoms with E-state index in [-0.39, 0.29) is 19.0 Å². The molecular formula is C17H20O4. The number of cyclic esters (lactones) is 1. The topological polar surface area (TPSA) is 52.6 Å². The number of carbonyl (C=O) groups excluding carboxylic acids is 2. The van der Waals surface area contributed by atoms with Crippen LogP contribution >= 0.6 is 0 Å². The molecule has 0 bridgehead atoms. The van der Waals surface area contributed by atoms with E-state index >= 15 is 0 Å². The Balaban J connectivity index is 1.89. The third-order valence-electron chi connectivity index (χ3n) is 4.10. The van der Waals surface area contributed by atoms with Crippen molar-refractivity contribution >= 4 is 11.9 Å². The summed E-state index contributed by atoms with van der Waals surface area (Å²) < 4.78 is 10.5. The Bertz CT molecular complexity index is 549. The molecule has 1 unspecified atom stereocenters. The van der Waals surface area contributed by atoms with Gasteiger partial charge in [0, 0.05) is 0 Å². The molecule has 2 atom stereocenters. The maximum atomic E-state index is 11.9. The number of benzene rings is 1. The van der Waals surface area contributed by atoms with E-state index in [9.17, 15) is 9.59 Å². The van der Waals surface area contributed by atoms with Gasteiger partial charge in [-0.25, -0.2) is 0 Å². The van der Waals surface area contributed by atoms with Gasteiger partial charge in [0.2, 0.25) is 0 Å². The van der Waals surface area contributed by atoms with Crippen LogP contribution in [0.25, 0.3) is 0 Å². The van der Waals surface area contributed by atoms with Crippen molar-refractivity contribution < 1.29 is 19.1 Å². The van der Waals surface area contributed by atoms with Gasteiger partial charge in [0.1, 0.15) is 12.7 Å². The Morgan fingerprint density at radius 3 is 2.62 bits per heavy atom. The molecule has 0 saturated carbocycles. The Morgan fingerprint density at radius 2 is 2.05 bits per heavy atom. The largest absolute Gasteiger partial charge is 0.461 e. The average Bonchev–Trinajstić information content (AvgIpc) is 2.71. The summed E-state index contributed by atoms with van der Waals surface area (Å²) in [4.78, 5) is 23.7. The Labute approximate surface area is 124 Å². The van der Waals surface area contributed by atoms with Crippen LogP contribution in [0.2, 0.25) is 0 Å². The third-order valence-corrected chi connectivity index (χ3v) is 4.10. The Morgan fingerprint density at radius 1 is 1.38 bits per heavy atom. The fourth-order valence-corrected chi connectivity index (χ4v) is 2.30. The molecular weight excluding hydrogens is 268 g/mol. The summed E-state index contributed by atoms with van der Waals surface area (Å²) in [5.74, 6) is -0.700. The van der Waals surface area contributed by atoms with Gasteiger partial charge in [-0.1, -0.05) is 43.8 Å². The van der Waals surface area contributed by atoms with Gasteiger partial charge in [0.25, 0.3) is 0 Å². The number of ether oxygens (including phenoxy) is 2. The summed E-state index contributed by atoms with van der Waals surface area (Å²) in [6, 6.07) is 9.44. The van der Waals surface area contributed by atoms with E-state index in [2.05, 4.69) is 6.58 Å². The zero-order chi connectivity index (χ0) is 15.5. The van der Waals surface area contributed by atoms with Crippen molar-refractivity contribution in [2.75, 3.05) is 0 Å². The summed E-state index contributed by atoms with van der Waals surface area (Å²) in [5.41, 5.74) is 0.892. The van der Waals surface area contributed by atoms with Crippen LogP contribution in [0.3, 0.4) is 0 Å². The molecule has 1 heterocycles. The van der Waals surface area contributed by atoms with Crippen LogP contribution in [0, 0.1) is 5.41 Å². The van der Waals surface area contributed by atoms with Crippen molar-refractivity contribution in [3.63, 3.8) is 0 Å². The van der Waals surface area contributed by atoms with Gasteiger partial charge in [-0.05, 0) is 24.5 Å². The molecule has 1 fully saturated rings. The lowest BCUT2D eigenvalue weighted by Crippen LogP contribution is -2.23. The highest BCUT2D eigenvalue weighted by molar-refractivity contribution is 5.85. The first-order chi connectivity index (χ1) is 9.97. The summed E-state index contributed by atoms with van der Waals surface area (Å²) in [6.07, 6.45) is 0.0541. The van der Waals surface area contributed by atoms with Crippen LogP contribution in [0.1, 0.15) is 32.3 Å². The predicted octanol–water partition coefficient (Wildman–Crippen LogP) is 3.02. The van der Waals surface area contributed by atoms with Gasteiger partial charge >= 0.3 is 11.9 Å². The molecule has 0 amide bonds. The summed E-state index contributed by atoms with van der Waals surface area (Å²) in [7, 11) is 0. The second-order valence-electron chi connectivity index (χ2n) is 5.46. The predicted molar refractivity (Wildman–Crippen MR) is 78.3 cm³/mol. The molecule has 112 valence electrons. The van der Waals surface area contributed by atoms with Gasteiger partial charge in [-0.15, -0.1) is 0 Å². The molecule has 4 heteroatoms. The molecule has 0 spiro atoms. The van der Waals surface area contributed by atoms with Gasteiger partial charge in [-0.2, -0.15) is 0 Å². The van der Waals surface area contributed by atoms with Crippen molar-refractivity contribution in [1.82, 2.24) is 0 Å². The van der Waals surface area contributed by atoms with Crippen LogP contribution in [-0.2, 0) is 25.7 Å². The van der Waals surface area contributed by atoms with E-state index in [0.717, 1.165) is 5.56 Å². The van der Waals surface area contributed by atoms with Gasteiger partial charge < -0.3 is 9.47 Å². The lowest BCUT2D eigenvalue weighted by molar-refractivity contribution is -0.152. The average molecular weight is 288 g/mol. The zero-order valence-electron chi connectivity index (χ0n) is 12.4. The molecule has 0 radical (unpaired) electrons. The molecule has 2 rings (SSSR count). The van der Waals surface area contributed by atoms with Gasteiger partial charge in [0.15, 0.2) is 0 Å². The number of esters is 2. The highest BCUT2D eigenvalue weighted by atomic mass is 16.6. The molecule has 0 N–H and O–H groups in total. The van der Waals surface area contributed by atoms with Crippen LogP contribution < -0.4 is 0 Å². The summed E-state index contributed by atoms with van der Waals surface area (Å²) >= 11 is 0. The number of hydrogen-bond donors (Lipinski definition) is 0. The van der Waals surface area contributed by atoms with E-state index in [1.54, 1.807) is 6.92 Å². The zero-order valence-corrected chi connectivity index (χ0v) is 12.4. The monoisotopic (exact) mass is 288 g/mol. The SMILES string of the molecule is C=C1[C@H](CC(=O)OCc2ccccc2)OC(=O)C1(C)CC. The van der Waals surface area contributed by atoms with Crippen LogP contribution in [0.5, 0.6) is 0 Å².